The van der Waals surface area contributed by atoms with Crippen molar-refractivity contribution in [2.75, 3.05) is 0 Å². The molecule has 0 amide bonds. The number of Topliss-reactive ketones (excluding diaryl/α,β-unsaturated/α-hetero) is 1. The molecular weight excluding hydrogens is 198 g/mol. The van der Waals surface area contributed by atoms with Gasteiger partial charge in [-0.25, -0.2) is 0 Å². The van der Waals surface area contributed by atoms with Gasteiger partial charge >= 0.3 is 0 Å². The van der Waals surface area contributed by atoms with Gasteiger partial charge in [-0.1, -0.05) is 25.1 Å². The SMILES string of the molecule is CCC(=O)c1cn(CC)c2c(C)cccc12. The first-order valence-electron chi connectivity index (χ1n) is 5.80. The maximum Gasteiger partial charge on any atom is 0.164 e. The molecule has 0 aliphatic heterocycles. The minimum Gasteiger partial charge on any atom is -0.347 e. The Morgan fingerprint density at radius 3 is 2.69 bits per heavy atom. The molecular formula is C14H17NO. The van der Waals surface area contributed by atoms with Gasteiger partial charge in [-0.3, -0.25) is 4.79 Å². The average molecular weight is 215 g/mol. The van der Waals surface area contributed by atoms with Crippen molar-refractivity contribution in [3.8, 4) is 0 Å². The van der Waals surface area contributed by atoms with E-state index in [-0.39, 0.29) is 5.78 Å². The van der Waals surface area contributed by atoms with Crippen LogP contribution in [0.1, 0.15) is 36.2 Å². The summed E-state index contributed by atoms with van der Waals surface area (Å²) < 4.78 is 2.16. The smallest absolute Gasteiger partial charge is 0.164 e. The van der Waals surface area contributed by atoms with Crippen LogP contribution in [0.2, 0.25) is 0 Å². The molecule has 0 spiro atoms. The molecule has 2 heteroatoms. The summed E-state index contributed by atoms with van der Waals surface area (Å²) in [7, 11) is 0. The van der Waals surface area contributed by atoms with Crippen molar-refractivity contribution in [2.24, 2.45) is 0 Å². The number of nitrogens with zero attached hydrogens (tertiary/aromatic N) is 1. The Bertz CT molecular complexity index is 537. The van der Waals surface area contributed by atoms with Crippen molar-refractivity contribution >= 4 is 16.7 Å². The van der Waals surface area contributed by atoms with Crippen molar-refractivity contribution in [1.29, 1.82) is 0 Å². The highest BCUT2D eigenvalue weighted by atomic mass is 16.1. The number of aryl methyl sites for hydroxylation is 2. The van der Waals surface area contributed by atoms with Gasteiger partial charge in [-0.2, -0.15) is 0 Å². The first-order chi connectivity index (χ1) is 7.69. The van der Waals surface area contributed by atoms with Crippen LogP contribution < -0.4 is 0 Å². The van der Waals surface area contributed by atoms with E-state index in [9.17, 15) is 4.79 Å². The van der Waals surface area contributed by atoms with Gasteiger partial charge in [0.15, 0.2) is 5.78 Å². The summed E-state index contributed by atoms with van der Waals surface area (Å²) in [5.41, 5.74) is 3.29. The highest BCUT2D eigenvalue weighted by Gasteiger charge is 2.13. The topological polar surface area (TPSA) is 22.0 Å². The summed E-state index contributed by atoms with van der Waals surface area (Å²) >= 11 is 0. The van der Waals surface area contributed by atoms with Gasteiger partial charge in [0.2, 0.25) is 0 Å². The van der Waals surface area contributed by atoms with Crippen LogP contribution in [-0.2, 0) is 6.54 Å². The van der Waals surface area contributed by atoms with Crippen LogP contribution in [0.5, 0.6) is 0 Å². The lowest BCUT2D eigenvalue weighted by Gasteiger charge is -2.02. The molecule has 1 aromatic heterocycles. The molecule has 2 nitrogen and oxygen atoms in total. The largest absolute Gasteiger partial charge is 0.347 e. The highest BCUT2D eigenvalue weighted by molar-refractivity contribution is 6.08. The Hall–Kier alpha value is -1.57. The van der Waals surface area contributed by atoms with Gasteiger partial charge in [0.25, 0.3) is 0 Å². The summed E-state index contributed by atoms with van der Waals surface area (Å²) in [6, 6.07) is 6.15. The fourth-order valence-electron chi connectivity index (χ4n) is 2.21. The van der Waals surface area contributed by atoms with Crippen molar-refractivity contribution in [3.63, 3.8) is 0 Å². The second-order valence-corrected chi connectivity index (χ2v) is 4.08. The van der Waals surface area contributed by atoms with Crippen LogP contribution in [-0.4, -0.2) is 10.4 Å². The molecule has 0 N–H and O–H groups in total. The Labute approximate surface area is 95.9 Å². The van der Waals surface area contributed by atoms with E-state index in [4.69, 9.17) is 0 Å². The molecule has 0 unspecified atom stereocenters. The number of hydrogen-bond donors (Lipinski definition) is 0. The number of carbonyl (C=O) groups is 1. The van der Waals surface area contributed by atoms with Crippen LogP contribution in [0.25, 0.3) is 10.9 Å². The van der Waals surface area contributed by atoms with Crippen molar-refractivity contribution in [3.05, 3.63) is 35.5 Å². The first-order valence-corrected chi connectivity index (χ1v) is 5.80. The van der Waals surface area contributed by atoms with E-state index in [2.05, 4.69) is 24.5 Å². The molecule has 0 atom stereocenters. The van der Waals surface area contributed by atoms with Crippen LogP contribution in [0.4, 0.5) is 0 Å². The second-order valence-electron chi connectivity index (χ2n) is 4.08. The summed E-state index contributed by atoms with van der Waals surface area (Å²) in [5.74, 6) is 0.225. The number of ketones is 1. The number of benzene rings is 1. The average Bonchev–Trinajstić information content (AvgIpc) is 2.68. The highest BCUT2D eigenvalue weighted by Crippen LogP contribution is 2.25. The molecule has 1 heterocycles. The van der Waals surface area contributed by atoms with E-state index in [0.29, 0.717) is 6.42 Å². The molecule has 2 aromatic rings. The zero-order chi connectivity index (χ0) is 11.7. The van der Waals surface area contributed by atoms with Crippen LogP contribution in [0, 0.1) is 6.92 Å². The van der Waals surface area contributed by atoms with E-state index in [1.54, 1.807) is 0 Å². The normalized spacial score (nSPS) is 10.9. The van der Waals surface area contributed by atoms with Gasteiger partial charge in [0.05, 0.1) is 5.52 Å². The van der Waals surface area contributed by atoms with E-state index < -0.39 is 0 Å². The van der Waals surface area contributed by atoms with E-state index in [1.807, 2.05) is 25.3 Å². The zero-order valence-electron chi connectivity index (χ0n) is 10.1. The molecule has 0 saturated carbocycles. The van der Waals surface area contributed by atoms with Gasteiger partial charge < -0.3 is 4.57 Å². The van der Waals surface area contributed by atoms with Gasteiger partial charge in [0.1, 0.15) is 0 Å². The predicted octanol–water partition coefficient (Wildman–Crippen LogP) is 3.56. The molecule has 0 aliphatic carbocycles. The van der Waals surface area contributed by atoms with Crippen LogP contribution in [0.15, 0.2) is 24.4 Å². The Kier molecular flexibility index (Phi) is 2.82. The lowest BCUT2D eigenvalue weighted by Crippen LogP contribution is -1.95. The maximum atomic E-state index is 11.9. The van der Waals surface area contributed by atoms with Crippen LogP contribution >= 0.6 is 0 Å². The number of para-hydroxylation sites is 1. The van der Waals surface area contributed by atoms with Gasteiger partial charge in [-0.15, -0.1) is 0 Å². The number of carbonyl (C=O) groups excluding carboxylic acids is 1. The molecule has 16 heavy (non-hydrogen) atoms. The van der Waals surface area contributed by atoms with E-state index >= 15 is 0 Å². The summed E-state index contributed by atoms with van der Waals surface area (Å²) in [6.45, 7) is 7.01. The summed E-state index contributed by atoms with van der Waals surface area (Å²) in [4.78, 5) is 11.9. The monoisotopic (exact) mass is 215 g/mol. The number of rotatable bonds is 3. The molecule has 2 rings (SSSR count). The fourth-order valence-corrected chi connectivity index (χ4v) is 2.21. The maximum absolute atomic E-state index is 11.9. The van der Waals surface area contributed by atoms with Crippen LogP contribution in [0.3, 0.4) is 0 Å². The molecule has 0 saturated heterocycles. The minimum absolute atomic E-state index is 0.225. The number of fused-ring (bicyclic) bond motifs is 1. The third-order valence-electron chi connectivity index (χ3n) is 3.06. The Morgan fingerprint density at radius 2 is 2.06 bits per heavy atom. The standard InChI is InChI=1S/C14H17NO/c1-4-13(16)12-9-15(5-2)14-10(3)7-6-8-11(12)14/h6-9H,4-5H2,1-3H3. The van der Waals surface area contributed by atoms with Gasteiger partial charge in [0, 0.05) is 30.1 Å². The summed E-state index contributed by atoms with van der Waals surface area (Å²) in [5, 5.41) is 1.09. The Balaban J connectivity index is 2.78. The quantitative estimate of drug-likeness (QED) is 0.717. The lowest BCUT2D eigenvalue weighted by molar-refractivity contribution is 0.0989. The molecule has 0 fully saturated rings. The van der Waals surface area contributed by atoms with E-state index in [0.717, 1.165) is 17.5 Å². The fraction of sp³-hybridized carbons (Fsp3) is 0.357. The van der Waals surface area contributed by atoms with E-state index in [1.165, 1.54) is 11.1 Å². The molecule has 0 aliphatic rings. The zero-order valence-corrected chi connectivity index (χ0v) is 10.1. The van der Waals surface area contributed by atoms with Crippen molar-refractivity contribution in [1.82, 2.24) is 4.57 Å². The number of hydrogen-bond acceptors (Lipinski definition) is 1. The summed E-state index contributed by atoms with van der Waals surface area (Å²) in [6.07, 6.45) is 2.56. The molecule has 0 bridgehead atoms. The molecule has 0 radical (unpaired) electrons. The first kappa shape index (κ1) is 10.9. The van der Waals surface area contributed by atoms with Crippen molar-refractivity contribution < 1.29 is 4.79 Å². The molecule has 1 aromatic carbocycles. The third-order valence-corrected chi connectivity index (χ3v) is 3.06. The predicted molar refractivity (Wildman–Crippen MR) is 67.0 cm³/mol. The Morgan fingerprint density at radius 1 is 1.31 bits per heavy atom. The third kappa shape index (κ3) is 1.54. The molecule has 84 valence electrons. The minimum atomic E-state index is 0.225. The van der Waals surface area contributed by atoms with Gasteiger partial charge in [-0.05, 0) is 19.4 Å². The number of aromatic nitrogens is 1. The lowest BCUT2D eigenvalue weighted by atomic mass is 10.1. The second kappa shape index (κ2) is 4.12. The van der Waals surface area contributed by atoms with Crippen molar-refractivity contribution in [2.45, 2.75) is 33.7 Å².